The smallest absolute Gasteiger partial charge is 0.308 e. The standard InChI is InChI=1S/C37H48O13/c1-18(2)26(40)46-28-31(6)17-35-32(7,21(31)14-23(38)43-9)34-12-11-30(5)22(15-24(39)45-25(30)20-10-13-44-16-20)37(34,50-33(8,48-34)49-35)29(36(28,35)42)47-27(41)19(3)4/h10,13,16,18-19,21-22,25,28-29,42H,11-12,14-15,17H2,1-9H3. The lowest BCUT2D eigenvalue weighted by Gasteiger charge is -2.77. The molecule has 4 saturated carbocycles. The minimum absolute atomic E-state index is 0.101. The molecular weight excluding hydrogens is 652 g/mol. The maximum atomic E-state index is 13.9. The topological polar surface area (TPSA) is 166 Å². The maximum absolute atomic E-state index is 13.9. The molecule has 4 heterocycles. The van der Waals surface area contributed by atoms with Crippen LogP contribution in [0.15, 0.2) is 23.0 Å². The van der Waals surface area contributed by atoms with Gasteiger partial charge in [-0.2, -0.15) is 0 Å². The van der Waals surface area contributed by atoms with Gasteiger partial charge in [0.15, 0.2) is 11.7 Å². The summed E-state index contributed by atoms with van der Waals surface area (Å²) in [6, 6.07) is 1.75. The van der Waals surface area contributed by atoms with Crippen molar-refractivity contribution in [1.82, 2.24) is 0 Å². The molecule has 0 amide bonds. The number of rotatable bonds is 7. The van der Waals surface area contributed by atoms with Gasteiger partial charge in [-0.3, -0.25) is 19.2 Å². The van der Waals surface area contributed by atoms with E-state index in [2.05, 4.69) is 0 Å². The second-order valence-corrected chi connectivity index (χ2v) is 17.3. The van der Waals surface area contributed by atoms with Crippen LogP contribution in [-0.2, 0) is 52.3 Å². The molecule has 13 nitrogen and oxygen atoms in total. The maximum Gasteiger partial charge on any atom is 0.308 e. The van der Waals surface area contributed by atoms with Gasteiger partial charge in [0.05, 0.1) is 37.9 Å². The van der Waals surface area contributed by atoms with Crippen molar-refractivity contribution in [3.63, 3.8) is 0 Å². The molecule has 0 aromatic carbocycles. The largest absolute Gasteiger partial charge is 0.472 e. The third kappa shape index (κ3) is 3.45. The van der Waals surface area contributed by atoms with Crippen LogP contribution in [0.2, 0.25) is 0 Å². The van der Waals surface area contributed by atoms with Crippen molar-refractivity contribution in [3.8, 4) is 0 Å². The zero-order chi connectivity index (χ0) is 36.2. The Balaban J connectivity index is 1.46. The van der Waals surface area contributed by atoms with Crippen LogP contribution in [0.5, 0.6) is 0 Å². The molecule has 7 fully saturated rings. The fraction of sp³-hybridized carbons (Fsp3) is 0.784. The molecule has 3 saturated heterocycles. The summed E-state index contributed by atoms with van der Waals surface area (Å²) in [4.78, 5) is 54.8. The Kier molecular flexibility index (Phi) is 6.75. The third-order valence-corrected chi connectivity index (χ3v) is 14.3. The summed E-state index contributed by atoms with van der Waals surface area (Å²) in [7, 11) is 1.32. The van der Waals surface area contributed by atoms with E-state index in [4.69, 9.17) is 37.6 Å². The molecule has 8 rings (SSSR count). The molecule has 1 aromatic rings. The normalized spacial score (nSPS) is 50.6. The Labute approximate surface area is 290 Å². The molecular formula is C37H48O13. The van der Waals surface area contributed by atoms with Crippen molar-refractivity contribution in [2.24, 2.45) is 39.9 Å². The van der Waals surface area contributed by atoms with E-state index in [0.717, 1.165) is 0 Å². The van der Waals surface area contributed by atoms with Gasteiger partial charge in [0, 0.05) is 41.1 Å². The summed E-state index contributed by atoms with van der Waals surface area (Å²) in [5, 5.41) is 13.9. The second-order valence-electron chi connectivity index (χ2n) is 17.3. The molecule has 274 valence electrons. The van der Waals surface area contributed by atoms with Crippen molar-refractivity contribution < 1.29 is 61.9 Å². The van der Waals surface area contributed by atoms with E-state index in [1.807, 2.05) is 20.8 Å². The highest BCUT2D eigenvalue weighted by Crippen LogP contribution is 2.89. The molecule has 13 heteroatoms. The van der Waals surface area contributed by atoms with Crippen molar-refractivity contribution >= 4 is 23.9 Å². The summed E-state index contributed by atoms with van der Waals surface area (Å²) < 4.78 is 51.1. The molecule has 7 aliphatic rings. The van der Waals surface area contributed by atoms with Crippen LogP contribution in [0.1, 0.15) is 99.2 Å². The average molecular weight is 701 g/mol. The van der Waals surface area contributed by atoms with Gasteiger partial charge in [0.25, 0.3) is 5.97 Å². The Bertz CT molecular complexity index is 1670. The van der Waals surface area contributed by atoms with Gasteiger partial charge in [0.2, 0.25) is 0 Å². The highest BCUT2D eigenvalue weighted by Gasteiger charge is 3.04. The van der Waals surface area contributed by atoms with Gasteiger partial charge in [-0.25, -0.2) is 0 Å². The number of hydrogen-bond acceptors (Lipinski definition) is 13. The number of ether oxygens (including phenoxy) is 7. The van der Waals surface area contributed by atoms with Crippen LogP contribution >= 0.6 is 0 Å². The number of cyclic esters (lactones) is 1. The Hall–Kier alpha value is -3.00. The first-order chi connectivity index (χ1) is 23.3. The number of furan rings is 1. The Morgan fingerprint density at radius 1 is 0.920 bits per heavy atom. The predicted octanol–water partition coefficient (Wildman–Crippen LogP) is 4.14. The Morgan fingerprint density at radius 2 is 1.56 bits per heavy atom. The lowest BCUT2D eigenvalue weighted by Crippen LogP contribution is -2.93. The van der Waals surface area contributed by atoms with Crippen molar-refractivity contribution in [1.29, 1.82) is 0 Å². The van der Waals surface area contributed by atoms with Crippen LogP contribution < -0.4 is 0 Å². The number of esters is 4. The predicted molar refractivity (Wildman–Crippen MR) is 168 cm³/mol. The quantitative estimate of drug-likeness (QED) is 0.319. The first kappa shape index (κ1) is 34.1. The third-order valence-electron chi connectivity index (χ3n) is 14.3. The lowest BCUT2D eigenvalue weighted by molar-refractivity contribution is -0.478. The van der Waals surface area contributed by atoms with Crippen molar-refractivity contribution in [2.45, 2.75) is 134 Å². The number of fused-ring (bicyclic) bond motifs is 3. The first-order valence-electron chi connectivity index (χ1n) is 17.8. The van der Waals surface area contributed by atoms with E-state index in [1.54, 1.807) is 46.9 Å². The number of aliphatic hydroxyl groups is 1. The molecule has 3 aliphatic heterocycles. The summed E-state index contributed by atoms with van der Waals surface area (Å²) >= 11 is 0. The molecule has 4 bridgehead atoms. The lowest BCUT2D eigenvalue weighted by atomic mass is 9.33. The van der Waals surface area contributed by atoms with Gasteiger partial charge < -0.3 is 42.7 Å². The van der Waals surface area contributed by atoms with E-state index in [-0.39, 0.29) is 19.3 Å². The highest BCUT2D eigenvalue weighted by molar-refractivity contribution is 5.75. The van der Waals surface area contributed by atoms with E-state index in [1.165, 1.54) is 13.4 Å². The molecule has 4 aliphatic carbocycles. The molecule has 1 aromatic heterocycles. The van der Waals surface area contributed by atoms with Crippen LogP contribution in [0.25, 0.3) is 0 Å². The SMILES string of the molecule is COC(=O)CC1C2(C)CC34OC5(C)OC6(C7CC(=O)OC(c8ccoc8)C7(C)CCC6(O5)C13C)C(OC(=O)C(C)C)C4(O)C2OC(=O)C(C)C. The van der Waals surface area contributed by atoms with E-state index < -0.39 is 110 Å². The second kappa shape index (κ2) is 9.90. The molecule has 0 radical (unpaired) electrons. The average Bonchev–Trinajstić information content (AvgIpc) is 3.74. The van der Waals surface area contributed by atoms with Crippen molar-refractivity contribution in [3.05, 3.63) is 24.2 Å². The fourth-order valence-corrected chi connectivity index (χ4v) is 12.6. The van der Waals surface area contributed by atoms with Gasteiger partial charge in [-0.1, -0.05) is 48.5 Å². The van der Waals surface area contributed by atoms with E-state index in [9.17, 15) is 24.3 Å². The van der Waals surface area contributed by atoms with Crippen LogP contribution in [0.4, 0.5) is 0 Å². The summed E-state index contributed by atoms with van der Waals surface area (Å²) in [5.74, 6) is -6.57. The summed E-state index contributed by atoms with van der Waals surface area (Å²) in [6.45, 7) is 14.3. The fourth-order valence-electron chi connectivity index (χ4n) is 12.6. The molecule has 2 spiro atoms. The van der Waals surface area contributed by atoms with E-state index in [0.29, 0.717) is 18.4 Å². The zero-order valence-electron chi connectivity index (χ0n) is 30.2. The minimum atomic E-state index is -2.21. The number of carbonyl (C=O) groups excluding carboxylic acids is 4. The number of carbonyl (C=O) groups is 4. The molecule has 13 unspecified atom stereocenters. The van der Waals surface area contributed by atoms with Gasteiger partial charge in [-0.15, -0.1) is 0 Å². The Morgan fingerprint density at radius 3 is 2.16 bits per heavy atom. The van der Waals surface area contributed by atoms with Crippen LogP contribution in [0, 0.1) is 39.9 Å². The van der Waals surface area contributed by atoms with Crippen LogP contribution in [-0.4, -0.2) is 76.7 Å². The van der Waals surface area contributed by atoms with Crippen molar-refractivity contribution in [2.75, 3.05) is 7.11 Å². The minimum Gasteiger partial charge on any atom is -0.472 e. The molecule has 50 heavy (non-hydrogen) atoms. The summed E-state index contributed by atoms with van der Waals surface area (Å²) in [5.41, 5.74) is -9.45. The van der Waals surface area contributed by atoms with Gasteiger partial charge in [-0.05, 0) is 31.2 Å². The highest BCUT2D eigenvalue weighted by atomic mass is 16.9. The number of hydrogen-bond donors (Lipinski definition) is 1. The van der Waals surface area contributed by atoms with Crippen LogP contribution in [0.3, 0.4) is 0 Å². The monoisotopic (exact) mass is 700 g/mol. The molecule has 13 atom stereocenters. The summed E-state index contributed by atoms with van der Waals surface area (Å²) in [6.07, 6.45) is 0.113. The van der Waals surface area contributed by atoms with E-state index >= 15 is 0 Å². The number of methoxy groups -OCH3 is 1. The van der Waals surface area contributed by atoms with Gasteiger partial charge >= 0.3 is 23.9 Å². The zero-order valence-corrected chi connectivity index (χ0v) is 30.2. The first-order valence-corrected chi connectivity index (χ1v) is 17.8. The molecule has 1 N–H and O–H groups in total. The van der Waals surface area contributed by atoms with Gasteiger partial charge in [0.1, 0.15) is 29.0 Å².